The second-order valence-corrected chi connectivity index (χ2v) is 10.2. The van der Waals surface area contributed by atoms with Crippen molar-refractivity contribution in [2.24, 2.45) is 0 Å². The zero-order valence-corrected chi connectivity index (χ0v) is 20.7. The van der Waals surface area contributed by atoms with Crippen LogP contribution < -0.4 is 10.7 Å². The number of pyridine rings is 1. The molecule has 36 heavy (non-hydrogen) atoms. The van der Waals surface area contributed by atoms with Crippen molar-refractivity contribution in [1.29, 1.82) is 0 Å². The Labute approximate surface area is 206 Å². The highest BCUT2D eigenvalue weighted by molar-refractivity contribution is 7.90. The number of hydrogen-bond donors (Lipinski definition) is 1. The third-order valence-corrected chi connectivity index (χ3v) is 6.74. The second kappa shape index (κ2) is 10.7. The van der Waals surface area contributed by atoms with Crippen LogP contribution in [0.25, 0.3) is 11.1 Å². The fourth-order valence-electron chi connectivity index (χ4n) is 3.66. The van der Waals surface area contributed by atoms with Crippen molar-refractivity contribution in [3.63, 3.8) is 0 Å². The number of ether oxygens (including phenoxy) is 1. The number of halogens is 3. The molecular formula is C25H25F3N2O5S. The first-order chi connectivity index (χ1) is 16.8. The van der Waals surface area contributed by atoms with Crippen LogP contribution in [0.4, 0.5) is 13.2 Å². The fourth-order valence-corrected chi connectivity index (χ4v) is 4.29. The normalized spacial score (nSPS) is 11.9. The van der Waals surface area contributed by atoms with E-state index in [0.717, 1.165) is 18.4 Å². The van der Waals surface area contributed by atoms with Crippen LogP contribution in [0.1, 0.15) is 27.2 Å². The molecule has 11 heteroatoms. The molecule has 1 amide bonds. The maximum atomic E-state index is 13.3. The smallest absolute Gasteiger partial charge is 0.383 e. The number of amides is 1. The van der Waals surface area contributed by atoms with E-state index in [-0.39, 0.29) is 41.3 Å². The molecule has 1 heterocycles. The minimum Gasteiger partial charge on any atom is -0.383 e. The molecule has 0 aliphatic carbocycles. The minimum absolute atomic E-state index is 0.00710. The lowest BCUT2D eigenvalue weighted by molar-refractivity contribution is -0.137. The molecule has 7 nitrogen and oxygen atoms in total. The monoisotopic (exact) mass is 522 g/mol. The number of alkyl halides is 3. The Balaban J connectivity index is 2.00. The topological polar surface area (TPSA) is 94.5 Å². The second-order valence-electron chi connectivity index (χ2n) is 8.20. The van der Waals surface area contributed by atoms with Crippen LogP contribution in [-0.2, 0) is 33.8 Å². The van der Waals surface area contributed by atoms with Gasteiger partial charge in [-0.15, -0.1) is 0 Å². The molecule has 0 atom stereocenters. The molecule has 0 radical (unpaired) electrons. The highest BCUT2D eigenvalue weighted by Crippen LogP contribution is 2.32. The van der Waals surface area contributed by atoms with Gasteiger partial charge >= 0.3 is 6.18 Å². The van der Waals surface area contributed by atoms with Crippen molar-refractivity contribution in [3.05, 3.63) is 87.3 Å². The van der Waals surface area contributed by atoms with E-state index in [1.807, 2.05) is 0 Å². The third-order valence-electron chi connectivity index (χ3n) is 5.61. The Kier molecular flexibility index (Phi) is 8.05. The van der Waals surface area contributed by atoms with Crippen LogP contribution in [0.2, 0.25) is 0 Å². The first-order valence-corrected chi connectivity index (χ1v) is 12.7. The number of aromatic nitrogens is 1. The highest BCUT2D eigenvalue weighted by Gasteiger charge is 2.31. The van der Waals surface area contributed by atoms with Gasteiger partial charge in [0.25, 0.3) is 5.91 Å². The SMILES string of the molecule is COCCn1cc(C(=O)NCc2ccc(S(C)(=O)=O)cc2)c(=O)c(-c2cccc(C(F)(F)F)c2)c1C. The molecule has 1 N–H and O–H groups in total. The Hall–Kier alpha value is -3.44. The van der Waals surface area contributed by atoms with Gasteiger partial charge in [-0.3, -0.25) is 9.59 Å². The molecule has 1 aromatic heterocycles. The lowest BCUT2D eigenvalue weighted by atomic mass is 9.99. The fraction of sp³-hybridized carbons (Fsp3) is 0.280. The summed E-state index contributed by atoms with van der Waals surface area (Å²) in [4.78, 5) is 26.4. The van der Waals surface area contributed by atoms with Crippen LogP contribution in [0.15, 0.2) is 64.4 Å². The van der Waals surface area contributed by atoms with E-state index in [1.54, 1.807) is 11.5 Å². The van der Waals surface area contributed by atoms with Crippen molar-refractivity contribution in [1.82, 2.24) is 9.88 Å². The summed E-state index contributed by atoms with van der Waals surface area (Å²) in [5.41, 5.74) is -0.825. The van der Waals surface area contributed by atoms with Crippen molar-refractivity contribution in [3.8, 4) is 11.1 Å². The molecule has 0 aliphatic heterocycles. The molecule has 3 rings (SSSR count). The molecule has 192 valence electrons. The summed E-state index contributed by atoms with van der Waals surface area (Å²) in [6.07, 6.45) is -2.16. The van der Waals surface area contributed by atoms with Crippen LogP contribution in [0, 0.1) is 6.92 Å². The number of hydrogen-bond acceptors (Lipinski definition) is 5. The van der Waals surface area contributed by atoms with Gasteiger partial charge < -0.3 is 14.6 Å². The quantitative estimate of drug-likeness (QED) is 0.486. The standard InChI is InChI=1S/C25H25F3N2O5S/c1-16-22(18-5-4-6-19(13-18)25(26,27)28)23(31)21(15-30(16)11-12-35-2)24(32)29-14-17-7-9-20(10-8-17)36(3,33)34/h4-10,13,15H,11-12,14H2,1-3H3,(H,29,32). The lowest BCUT2D eigenvalue weighted by Crippen LogP contribution is -2.31. The average Bonchev–Trinajstić information content (AvgIpc) is 2.81. The summed E-state index contributed by atoms with van der Waals surface area (Å²) < 4.78 is 69.8. The predicted octanol–water partition coefficient (Wildman–Crippen LogP) is 3.82. The van der Waals surface area contributed by atoms with Gasteiger partial charge in [-0.05, 0) is 42.3 Å². The summed E-state index contributed by atoms with van der Waals surface area (Å²) in [5, 5.41) is 2.62. The van der Waals surface area contributed by atoms with Crippen LogP contribution in [-0.4, -0.2) is 38.9 Å². The Morgan fingerprint density at radius 3 is 2.36 bits per heavy atom. The number of nitrogens with zero attached hydrogens (tertiary/aromatic N) is 1. The van der Waals surface area contributed by atoms with Gasteiger partial charge in [-0.1, -0.05) is 24.3 Å². The zero-order valence-electron chi connectivity index (χ0n) is 19.8. The summed E-state index contributed by atoms with van der Waals surface area (Å²) >= 11 is 0. The van der Waals surface area contributed by atoms with E-state index in [9.17, 15) is 31.2 Å². The van der Waals surface area contributed by atoms with Gasteiger partial charge in [0.05, 0.1) is 17.1 Å². The molecule has 2 aromatic carbocycles. The Morgan fingerprint density at radius 2 is 1.78 bits per heavy atom. The molecule has 0 saturated heterocycles. The highest BCUT2D eigenvalue weighted by atomic mass is 32.2. The van der Waals surface area contributed by atoms with Crippen LogP contribution in [0.3, 0.4) is 0 Å². The number of carbonyl (C=O) groups excluding carboxylic acids is 1. The van der Waals surface area contributed by atoms with E-state index >= 15 is 0 Å². The Morgan fingerprint density at radius 1 is 1.11 bits per heavy atom. The van der Waals surface area contributed by atoms with Crippen molar-refractivity contribution in [2.45, 2.75) is 31.1 Å². The maximum Gasteiger partial charge on any atom is 0.416 e. The van der Waals surface area contributed by atoms with E-state index in [0.29, 0.717) is 11.3 Å². The summed E-state index contributed by atoms with van der Waals surface area (Å²) in [6, 6.07) is 10.3. The number of nitrogens with one attached hydrogen (secondary N) is 1. The van der Waals surface area contributed by atoms with E-state index in [2.05, 4.69) is 5.32 Å². The van der Waals surface area contributed by atoms with E-state index in [4.69, 9.17) is 4.74 Å². The molecule has 0 unspecified atom stereocenters. The number of carbonyl (C=O) groups is 1. The number of sulfone groups is 1. The largest absolute Gasteiger partial charge is 0.416 e. The van der Waals surface area contributed by atoms with Crippen LogP contribution >= 0.6 is 0 Å². The number of methoxy groups -OCH3 is 1. The molecular weight excluding hydrogens is 497 g/mol. The van der Waals surface area contributed by atoms with E-state index in [1.165, 1.54) is 49.7 Å². The summed E-state index contributed by atoms with van der Waals surface area (Å²) in [7, 11) is -1.89. The average molecular weight is 523 g/mol. The first-order valence-electron chi connectivity index (χ1n) is 10.8. The number of rotatable bonds is 8. The molecule has 0 fully saturated rings. The molecule has 3 aromatic rings. The van der Waals surface area contributed by atoms with Crippen LogP contribution in [0.5, 0.6) is 0 Å². The molecule has 0 bridgehead atoms. The van der Waals surface area contributed by atoms with Gasteiger partial charge in [-0.2, -0.15) is 13.2 Å². The summed E-state index contributed by atoms with van der Waals surface area (Å²) in [5.74, 6) is -0.716. The van der Waals surface area contributed by atoms with Gasteiger partial charge in [-0.25, -0.2) is 8.42 Å². The van der Waals surface area contributed by atoms with E-state index < -0.39 is 32.9 Å². The summed E-state index contributed by atoms with van der Waals surface area (Å²) in [6.45, 7) is 2.12. The van der Waals surface area contributed by atoms with Gasteiger partial charge in [0.2, 0.25) is 5.43 Å². The predicted molar refractivity (Wildman–Crippen MR) is 128 cm³/mol. The lowest BCUT2D eigenvalue weighted by Gasteiger charge is -2.18. The zero-order chi connectivity index (χ0) is 26.7. The molecule has 0 aliphatic rings. The third kappa shape index (κ3) is 6.21. The van der Waals surface area contributed by atoms with Gasteiger partial charge in [0.15, 0.2) is 9.84 Å². The minimum atomic E-state index is -4.60. The van der Waals surface area contributed by atoms with Gasteiger partial charge in [0.1, 0.15) is 5.56 Å². The Bertz CT molecular complexity index is 1430. The van der Waals surface area contributed by atoms with Gasteiger partial charge in [0, 0.05) is 43.9 Å². The maximum absolute atomic E-state index is 13.3. The van der Waals surface area contributed by atoms with Crippen molar-refractivity contribution in [2.75, 3.05) is 20.0 Å². The van der Waals surface area contributed by atoms with Crippen molar-refractivity contribution >= 4 is 15.7 Å². The molecule has 0 spiro atoms. The molecule has 0 saturated carbocycles. The van der Waals surface area contributed by atoms with Crippen molar-refractivity contribution < 1.29 is 31.1 Å². The first kappa shape index (κ1) is 27.2. The number of benzene rings is 2.